The predicted molar refractivity (Wildman–Crippen MR) is 53.4 cm³/mol. The van der Waals surface area contributed by atoms with Crippen molar-refractivity contribution in [2.24, 2.45) is 0 Å². The second-order valence-corrected chi connectivity index (χ2v) is 3.88. The third-order valence-corrected chi connectivity index (χ3v) is 2.68. The van der Waals surface area contributed by atoms with Gasteiger partial charge in [0.1, 0.15) is 5.75 Å². The molecule has 0 aliphatic rings. The molecule has 1 nitrogen and oxygen atoms in total. The van der Waals surface area contributed by atoms with Gasteiger partial charge < -0.3 is 5.11 Å². The molecule has 0 aliphatic carbocycles. The third kappa shape index (κ3) is 2.10. The minimum Gasteiger partial charge on any atom is -0.506 e. The average molecular weight is 300 g/mol. The fourth-order valence-electron chi connectivity index (χ4n) is 0.721. The van der Waals surface area contributed by atoms with Gasteiger partial charge in [0.05, 0.1) is 4.47 Å². The Balaban J connectivity index is 3.24. The van der Waals surface area contributed by atoms with Crippen molar-refractivity contribution < 1.29 is 5.11 Å². The van der Waals surface area contributed by atoms with Gasteiger partial charge in [0.2, 0.25) is 0 Å². The summed E-state index contributed by atoms with van der Waals surface area (Å²) in [4.78, 5) is 0. The molecule has 1 aromatic rings. The number of rotatable bonds is 1. The maximum atomic E-state index is 9.39. The number of aromatic hydroxyl groups is 1. The van der Waals surface area contributed by atoms with E-state index in [4.69, 9.17) is 11.6 Å². The molecule has 0 aliphatic heterocycles. The highest BCUT2D eigenvalue weighted by atomic mass is 79.9. The van der Waals surface area contributed by atoms with Crippen LogP contribution in [0, 0.1) is 0 Å². The summed E-state index contributed by atoms with van der Waals surface area (Å²) in [6.07, 6.45) is 0. The zero-order valence-corrected chi connectivity index (χ0v) is 9.37. The molecule has 11 heavy (non-hydrogen) atoms. The van der Waals surface area contributed by atoms with E-state index in [0.29, 0.717) is 14.8 Å². The summed E-state index contributed by atoms with van der Waals surface area (Å²) in [5, 5.41) is 10.6. The summed E-state index contributed by atoms with van der Waals surface area (Å²) in [6, 6.07) is 3.37. The van der Waals surface area contributed by atoms with E-state index in [2.05, 4.69) is 31.9 Å². The maximum Gasteiger partial charge on any atom is 0.133 e. The Labute approximate surface area is 86.6 Å². The van der Waals surface area contributed by atoms with Crippen molar-refractivity contribution >= 4 is 43.5 Å². The predicted octanol–water partition coefficient (Wildman–Crippen LogP) is 3.70. The summed E-state index contributed by atoms with van der Waals surface area (Å²) in [6.45, 7) is 0. The minimum absolute atomic E-state index is 0.242. The van der Waals surface area contributed by atoms with Crippen LogP contribution in [0.4, 0.5) is 0 Å². The highest BCUT2D eigenvalue weighted by molar-refractivity contribution is 9.10. The first-order valence-electron chi connectivity index (χ1n) is 2.88. The molecule has 0 atom stereocenters. The van der Waals surface area contributed by atoms with E-state index in [0.717, 1.165) is 5.56 Å². The average Bonchev–Trinajstić information content (AvgIpc) is 1.96. The van der Waals surface area contributed by atoms with Crippen molar-refractivity contribution in [3.8, 4) is 5.75 Å². The Kier molecular flexibility index (Phi) is 3.22. The van der Waals surface area contributed by atoms with Crippen LogP contribution < -0.4 is 0 Å². The lowest BCUT2D eigenvalue weighted by Crippen LogP contribution is -1.80. The van der Waals surface area contributed by atoms with Gasteiger partial charge in [-0.25, -0.2) is 0 Å². The standard InChI is InChI=1S/C7H5Br2ClO/c8-3-4-1-5(10)2-6(9)7(4)11/h1-2,11H,3H2. The van der Waals surface area contributed by atoms with E-state index in [-0.39, 0.29) is 5.75 Å². The van der Waals surface area contributed by atoms with Gasteiger partial charge in [-0.05, 0) is 28.1 Å². The molecule has 0 spiro atoms. The van der Waals surface area contributed by atoms with Crippen molar-refractivity contribution in [2.45, 2.75) is 5.33 Å². The zero-order chi connectivity index (χ0) is 8.43. The summed E-state index contributed by atoms with van der Waals surface area (Å²) in [7, 11) is 0. The van der Waals surface area contributed by atoms with Gasteiger partial charge >= 0.3 is 0 Å². The Morgan fingerprint density at radius 3 is 2.64 bits per heavy atom. The van der Waals surface area contributed by atoms with Crippen LogP contribution in [0.1, 0.15) is 5.56 Å². The van der Waals surface area contributed by atoms with Gasteiger partial charge in [-0.1, -0.05) is 27.5 Å². The van der Waals surface area contributed by atoms with Crippen molar-refractivity contribution in [1.82, 2.24) is 0 Å². The zero-order valence-electron chi connectivity index (χ0n) is 5.44. The molecule has 0 radical (unpaired) electrons. The molecule has 0 fully saturated rings. The van der Waals surface area contributed by atoms with Crippen molar-refractivity contribution in [3.63, 3.8) is 0 Å². The maximum absolute atomic E-state index is 9.39. The van der Waals surface area contributed by atoms with Crippen molar-refractivity contribution in [3.05, 3.63) is 27.2 Å². The molecular formula is C7H5Br2ClO. The smallest absolute Gasteiger partial charge is 0.133 e. The first-order valence-corrected chi connectivity index (χ1v) is 5.17. The molecular weight excluding hydrogens is 295 g/mol. The first-order chi connectivity index (χ1) is 5.15. The van der Waals surface area contributed by atoms with Crippen LogP contribution in [0.15, 0.2) is 16.6 Å². The molecule has 0 amide bonds. The van der Waals surface area contributed by atoms with Crippen LogP contribution in [-0.4, -0.2) is 5.11 Å². The van der Waals surface area contributed by atoms with E-state index in [1.807, 2.05) is 0 Å². The molecule has 1 N–H and O–H groups in total. The highest BCUT2D eigenvalue weighted by Crippen LogP contribution is 2.32. The molecule has 1 aromatic carbocycles. The monoisotopic (exact) mass is 298 g/mol. The van der Waals surface area contributed by atoms with Crippen LogP contribution in [-0.2, 0) is 5.33 Å². The second-order valence-electron chi connectivity index (χ2n) is 2.03. The largest absolute Gasteiger partial charge is 0.506 e. The van der Waals surface area contributed by atoms with Gasteiger partial charge in [0, 0.05) is 15.9 Å². The van der Waals surface area contributed by atoms with E-state index in [1.54, 1.807) is 12.1 Å². The Bertz CT molecular complexity index is 275. The van der Waals surface area contributed by atoms with Crippen molar-refractivity contribution in [2.75, 3.05) is 0 Å². The first kappa shape index (κ1) is 9.36. The molecule has 0 saturated carbocycles. The number of halogens is 3. The lowest BCUT2D eigenvalue weighted by atomic mass is 10.2. The summed E-state index contributed by atoms with van der Waals surface area (Å²) < 4.78 is 0.624. The summed E-state index contributed by atoms with van der Waals surface area (Å²) in [5.74, 6) is 0.242. The molecule has 0 unspecified atom stereocenters. The molecule has 0 aromatic heterocycles. The fourth-order valence-corrected chi connectivity index (χ4v) is 2.02. The molecule has 60 valence electrons. The Morgan fingerprint density at radius 1 is 1.45 bits per heavy atom. The summed E-state index contributed by atoms with van der Waals surface area (Å²) >= 11 is 12.2. The van der Waals surface area contributed by atoms with Gasteiger partial charge in [-0.15, -0.1) is 0 Å². The van der Waals surface area contributed by atoms with E-state index >= 15 is 0 Å². The lowest BCUT2D eigenvalue weighted by molar-refractivity contribution is 0.467. The van der Waals surface area contributed by atoms with Gasteiger partial charge in [-0.3, -0.25) is 0 Å². The van der Waals surface area contributed by atoms with Gasteiger partial charge in [-0.2, -0.15) is 0 Å². The quantitative estimate of drug-likeness (QED) is 0.784. The normalized spacial score (nSPS) is 10.1. The highest BCUT2D eigenvalue weighted by Gasteiger charge is 2.05. The minimum atomic E-state index is 0.242. The molecule has 4 heteroatoms. The Morgan fingerprint density at radius 2 is 2.09 bits per heavy atom. The Hall–Kier alpha value is 0.270. The molecule has 1 rings (SSSR count). The van der Waals surface area contributed by atoms with Gasteiger partial charge in [0.15, 0.2) is 0 Å². The molecule has 0 heterocycles. The number of phenolic OH excluding ortho intramolecular Hbond substituents is 1. The van der Waals surface area contributed by atoms with Crippen LogP contribution in [0.25, 0.3) is 0 Å². The number of hydrogen-bond acceptors (Lipinski definition) is 1. The van der Waals surface area contributed by atoms with Crippen molar-refractivity contribution in [1.29, 1.82) is 0 Å². The second kappa shape index (κ2) is 3.78. The molecule has 0 bridgehead atoms. The van der Waals surface area contributed by atoms with Gasteiger partial charge in [0.25, 0.3) is 0 Å². The van der Waals surface area contributed by atoms with Crippen LogP contribution >= 0.6 is 43.5 Å². The number of phenols is 1. The van der Waals surface area contributed by atoms with Crippen LogP contribution in [0.2, 0.25) is 5.02 Å². The lowest BCUT2D eigenvalue weighted by Gasteiger charge is -2.02. The van der Waals surface area contributed by atoms with E-state index in [9.17, 15) is 5.11 Å². The van der Waals surface area contributed by atoms with E-state index in [1.165, 1.54) is 0 Å². The van der Waals surface area contributed by atoms with Crippen LogP contribution in [0.3, 0.4) is 0 Å². The number of benzene rings is 1. The van der Waals surface area contributed by atoms with E-state index < -0.39 is 0 Å². The van der Waals surface area contributed by atoms with Crippen LogP contribution in [0.5, 0.6) is 5.75 Å². The topological polar surface area (TPSA) is 20.2 Å². The summed E-state index contributed by atoms with van der Waals surface area (Å²) in [5.41, 5.74) is 0.782. The number of hydrogen-bond donors (Lipinski definition) is 1. The fraction of sp³-hybridized carbons (Fsp3) is 0.143. The molecule has 0 saturated heterocycles. The third-order valence-electron chi connectivity index (χ3n) is 1.25. The number of alkyl halides is 1. The SMILES string of the molecule is Oc1c(Br)cc(Cl)cc1CBr.